The molecule has 5 nitrogen and oxygen atoms in total. The second kappa shape index (κ2) is 7.92. The molecule has 0 saturated heterocycles. The second-order valence-electron chi connectivity index (χ2n) is 6.13. The maximum absolute atomic E-state index is 13.1. The zero-order valence-corrected chi connectivity index (χ0v) is 16.7. The van der Waals surface area contributed by atoms with Crippen molar-refractivity contribution in [3.8, 4) is 11.5 Å². The minimum Gasteiger partial charge on any atom is -0.495 e. The number of benzene rings is 2. The van der Waals surface area contributed by atoms with Crippen LogP contribution in [-0.2, 0) is 6.54 Å². The minimum atomic E-state index is -0.205. The molecular formula is C21H23ClN2O3. The van der Waals surface area contributed by atoms with E-state index in [-0.39, 0.29) is 5.91 Å². The Hall–Kier alpha value is -2.66. The molecule has 0 atom stereocenters. The van der Waals surface area contributed by atoms with Crippen molar-refractivity contribution in [2.45, 2.75) is 27.3 Å². The first-order valence-electron chi connectivity index (χ1n) is 8.90. The molecule has 142 valence electrons. The van der Waals surface area contributed by atoms with Crippen LogP contribution in [0, 0.1) is 6.92 Å². The van der Waals surface area contributed by atoms with E-state index in [1.807, 2.05) is 43.5 Å². The Morgan fingerprint density at radius 1 is 1.19 bits per heavy atom. The number of halogens is 1. The van der Waals surface area contributed by atoms with Gasteiger partial charge in [0.15, 0.2) is 0 Å². The van der Waals surface area contributed by atoms with Crippen molar-refractivity contribution < 1.29 is 14.3 Å². The number of ether oxygens (including phenoxy) is 2. The highest BCUT2D eigenvalue weighted by molar-refractivity contribution is 6.31. The van der Waals surface area contributed by atoms with Crippen molar-refractivity contribution >= 4 is 34.1 Å². The van der Waals surface area contributed by atoms with Crippen LogP contribution in [-0.4, -0.2) is 24.2 Å². The summed E-state index contributed by atoms with van der Waals surface area (Å²) in [7, 11) is 1.56. The maximum atomic E-state index is 13.1. The van der Waals surface area contributed by atoms with Crippen molar-refractivity contribution in [3.05, 3.63) is 52.7 Å². The molecule has 0 saturated carbocycles. The van der Waals surface area contributed by atoms with E-state index < -0.39 is 0 Å². The lowest BCUT2D eigenvalue weighted by molar-refractivity contribution is 0.101. The zero-order valence-electron chi connectivity index (χ0n) is 15.9. The molecule has 0 aliphatic carbocycles. The molecule has 2 aromatic carbocycles. The summed E-state index contributed by atoms with van der Waals surface area (Å²) < 4.78 is 12.9. The Labute approximate surface area is 163 Å². The van der Waals surface area contributed by atoms with E-state index >= 15 is 0 Å². The third kappa shape index (κ3) is 3.60. The van der Waals surface area contributed by atoms with Crippen LogP contribution in [0.2, 0.25) is 5.02 Å². The SMILES string of the molecule is CCOc1ccc2c(c1)c(C)c(C(=O)Nc1cc(Cl)ccc1OC)n2CC. The summed E-state index contributed by atoms with van der Waals surface area (Å²) in [6.07, 6.45) is 0. The predicted molar refractivity (Wildman–Crippen MR) is 109 cm³/mol. The fraction of sp³-hybridized carbons (Fsp3) is 0.286. The number of rotatable bonds is 6. The molecule has 0 radical (unpaired) electrons. The molecular weight excluding hydrogens is 364 g/mol. The number of fused-ring (bicyclic) bond motifs is 1. The molecule has 0 unspecified atom stereocenters. The number of nitrogens with zero attached hydrogens (tertiary/aromatic N) is 1. The molecule has 0 aliphatic heterocycles. The van der Waals surface area contributed by atoms with Gasteiger partial charge in [0.1, 0.15) is 17.2 Å². The van der Waals surface area contributed by atoms with Crippen LogP contribution in [0.3, 0.4) is 0 Å². The lowest BCUT2D eigenvalue weighted by atomic mass is 10.1. The van der Waals surface area contributed by atoms with Crippen molar-refractivity contribution in [3.63, 3.8) is 0 Å². The quantitative estimate of drug-likeness (QED) is 0.626. The average Bonchev–Trinajstić information content (AvgIpc) is 2.94. The van der Waals surface area contributed by atoms with Gasteiger partial charge in [0.25, 0.3) is 5.91 Å². The number of nitrogens with one attached hydrogen (secondary N) is 1. The third-order valence-corrected chi connectivity index (χ3v) is 4.78. The van der Waals surface area contributed by atoms with Gasteiger partial charge in [0, 0.05) is 22.5 Å². The second-order valence-corrected chi connectivity index (χ2v) is 6.56. The first-order chi connectivity index (χ1) is 13.0. The molecule has 3 rings (SSSR count). The highest BCUT2D eigenvalue weighted by Gasteiger charge is 2.21. The largest absolute Gasteiger partial charge is 0.495 e. The number of methoxy groups -OCH3 is 1. The van der Waals surface area contributed by atoms with E-state index in [0.29, 0.717) is 35.3 Å². The Kier molecular flexibility index (Phi) is 5.61. The van der Waals surface area contributed by atoms with Crippen LogP contribution < -0.4 is 14.8 Å². The highest BCUT2D eigenvalue weighted by atomic mass is 35.5. The van der Waals surface area contributed by atoms with Gasteiger partial charge in [-0.25, -0.2) is 0 Å². The summed E-state index contributed by atoms with van der Waals surface area (Å²) in [5, 5.41) is 4.47. The van der Waals surface area contributed by atoms with E-state index in [9.17, 15) is 4.79 Å². The smallest absolute Gasteiger partial charge is 0.272 e. The molecule has 1 heterocycles. The average molecular weight is 387 g/mol. The van der Waals surface area contributed by atoms with Gasteiger partial charge in [0.2, 0.25) is 0 Å². The fourth-order valence-electron chi connectivity index (χ4n) is 3.34. The lowest BCUT2D eigenvalue weighted by Gasteiger charge is -2.13. The van der Waals surface area contributed by atoms with Crippen LogP contribution in [0.5, 0.6) is 11.5 Å². The normalized spacial score (nSPS) is 10.9. The van der Waals surface area contributed by atoms with Gasteiger partial charge in [-0.1, -0.05) is 11.6 Å². The van der Waals surface area contributed by atoms with E-state index in [2.05, 4.69) is 5.32 Å². The van der Waals surface area contributed by atoms with Crippen LogP contribution in [0.15, 0.2) is 36.4 Å². The number of carbonyl (C=O) groups is 1. The van der Waals surface area contributed by atoms with Crippen LogP contribution >= 0.6 is 11.6 Å². The summed E-state index contributed by atoms with van der Waals surface area (Å²) in [5.41, 5.74) is 3.06. The number of hydrogen-bond donors (Lipinski definition) is 1. The standard InChI is InChI=1S/C21H23ClN2O3/c1-5-24-18-9-8-15(27-6-2)12-16(18)13(3)20(24)21(25)23-17-11-14(22)7-10-19(17)26-4/h7-12H,5-6H2,1-4H3,(H,23,25). The Balaban J connectivity index is 2.06. The van der Waals surface area contributed by atoms with Gasteiger partial charge in [-0.3, -0.25) is 4.79 Å². The van der Waals surface area contributed by atoms with Gasteiger partial charge in [0.05, 0.1) is 19.4 Å². The molecule has 6 heteroatoms. The van der Waals surface area contributed by atoms with Crippen molar-refractivity contribution in [2.24, 2.45) is 0 Å². The molecule has 0 fully saturated rings. The van der Waals surface area contributed by atoms with E-state index in [1.165, 1.54) is 0 Å². The molecule has 1 aromatic heterocycles. The number of hydrogen-bond acceptors (Lipinski definition) is 3. The number of carbonyl (C=O) groups excluding carboxylic acids is 1. The molecule has 0 spiro atoms. The Morgan fingerprint density at radius 3 is 2.63 bits per heavy atom. The fourth-order valence-corrected chi connectivity index (χ4v) is 3.51. The summed E-state index contributed by atoms with van der Waals surface area (Å²) in [6, 6.07) is 11.0. The number of amides is 1. The van der Waals surface area contributed by atoms with E-state index in [0.717, 1.165) is 22.2 Å². The van der Waals surface area contributed by atoms with Crippen LogP contribution in [0.1, 0.15) is 29.9 Å². The summed E-state index contributed by atoms with van der Waals surface area (Å²) in [5.74, 6) is 1.15. The predicted octanol–water partition coefficient (Wildman–Crippen LogP) is 5.28. The number of aryl methyl sites for hydroxylation is 2. The molecule has 3 aromatic rings. The maximum Gasteiger partial charge on any atom is 0.272 e. The van der Waals surface area contributed by atoms with Crippen molar-refractivity contribution in [1.29, 1.82) is 0 Å². The number of anilines is 1. The van der Waals surface area contributed by atoms with E-state index in [1.54, 1.807) is 25.3 Å². The van der Waals surface area contributed by atoms with Crippen molar-refractivity contribution in [2.75, 3.05) is 19.0 Å². The molecule has 1 N–H and O–H groups in total. The molecule has 1 amide bonds. The Morgan fingerprint density at radius 2 is 1.96 bits per heavy atom. The monoisotopic (exact) mass is 386 g/mol. The highest BCUT2D eigenvalue weighted by Crippen LogP contribution is 2.32. The first kappa shape index (κ1) is 19.1. The van der Waals surface area contributed by atoms with Crippen LogP contribution in [0.4, 0.5) is 5.69 Å². The van der Waals surface area contributed by atoms with E-state index in [4.69, 9.17) is 21.1 Å². The number of aromatic nitrogens is 1. The molecule has 27 heavy (non-hydrogen) atoms. The Bertz CT molecular complexity index is 995. The van der Waals surface area contributed by atoms with Crippen LogP contribution in [0.25, 0.3) is 10.9 Å². The lowest BCUT2D eigenvalue weighted by Crippen LogP contribution is -2.18. The van der Waals surface area contributed by atoms with Gasteiger partial charge in [-0.15, -0.1) is 0 Å². The van der Waals surface area contributed by atoms with Gasteiger partial charge < -0.3 is 19.4 Å². The summed E-state index contributed by atoms with van der Waals surface area (Å²) in [6.45, 7) is 7.20. The van der Waals surface area contributed by atoms with Gasteiger partial charge in [-0.05, 0) is 62.7 Å². The topological polar surface area (TPSA) is 52.5 Å². The molecule has 0 bridgehead atoms. The zero-order chi connectivity index (χ0) is 19.6. The summed E-state index contributed by atoms with van der Waals surface area (Å²) in [4.78, 5) is 13.1. The van der Waals surface area contributed by atoms with Gasteiger partial charge in [-0.2, -0.15) is 0 Å². The summed E-state index contributed by atoms with van der Waals surface area (Å²) >= 11 is 6.08. The molecule has 0 aliphatic rings. The van der Waals surface area contributed by atoms with Gasteiger partial charge >= 0.3 is 0 Å². The van der Waals surface area contributed by atoms with Crippen molar-refractivity contribution in [1.82, 2.24) is 4.57 Å². The first-order valence-corrected chi connectivity index (χ1v) is 9.28. The minimum absolute atomic E-state index is 0.205. The third-order valence-electron chi connectivity index (χ3n) is 4.54.